The van der Waals surface area contributed by atoms with Crippen molar-refractivity contribution in [3.63, 3.8) is 0 Å². The summed E-state index contributed by atoms with van der Waals surface area (Å²) in [6.07, 6.45) is 1.44. The van der Waals surface area contributed by atoms with Crippen LogP contribution in [0.5, 0.6) is 11.5 Å². The highest BCUT2D eigenvalue weighted by Gasteiger charge is 2.31. The number of ether oxygens (including phenoxy) is 2. The zero-order valence-electron chi connectivity index (χ0n) is 17.2. The summed E-state index contributed by atoms with van der Waals surface area (Å²) in [5, 5.41) is 2.76. The monoisotopic (exact) mass is 420 g/mol. The lowest BCUT2D eigenvalue weighted by molar-refractivity contribution is -0.122. The zero-order chi connectivity index (χ0) is 21.4. The molecule has 2 rings (SSSR count). The van der Waals surface area contributed by atoms with Crippen LogP contribution < -0.4 is 19.1 Å². The number of aryl methyl sites for hydroxylation is 1. The molecule has 1 amide bonds. The molecule has 1 atom stereocenters. The van der Waals surface area contributed by atoms with Gasteiger partial charge in [0.15, 0.2) is 11.5 Å². The lowest BCUT2D eigenvalue weighted by atomic mass is 10.1. The fraction of sp³-hybridized carbons (Fsp3) is 0.381. The number of hydrogen-bond acceptors (Lipinski definition) is 5. The summed E-state index contributed by atoms with van der Waals surface area (Å²) >= 11 is 0. The molecular weight excluding hydrogens is 392 g/mol. The van der Waals surface area contributed by atoms with Crippen molar-refractivity contribution in [2.45, 2.75) is 26.3 Å². The van der Waals surface area contributed by atoms with Crippen molar-refractivity contribution in [1.82, 2.24) is 5.32 Å². The summed E-state index contributed by atoms with van der Waals surface area (Å²) in [6, 6.07) is 13.4. The van der Waals surface area contributed by atoms with Crippen LogP contribution in [0, 0.1) is 6.92 Å². The Bertz CT molecular complexity index is 913. The van der Waals surface area contributed by atoms with E-state index in [1.807, 2.05) is 31.2 Å². The van der Waals surface area contributed by atoms with Gasteiger partial charge in [0.2, 0.25) is 15.9 Å². The van der Waals surface area contributed by atoms with Crippen LogP contribution in [0.4, 0.5) is 5.69 Å². The van der Waals surface area contributed by atoms with Crippen LogP contribution in [-0.4, -0.2) is 46.9 Å². The topological polar surface area (TPSA) is 84.9 Å². The SMILES string of the molecule is CC[C@@H](C(=O)NCCOc1ccccc1OC)N(c1ccc(C)cc1)S(C)(=O)=O. The smallest absolute Gasteiger partial charge is 0.244 e. The summed E-state index contributed by atoms with van der Waals surface area (Å²) in [5.74, 6) is 0.809. The van der Waals surface area contributed by atoms with E-state index in [4.69, 9.17) is 9.47 Å². The van der Waals surface area contributed by atoms with E-state index in [0.717, 1.165) is 11.8 Å². The number of hydrogen-bond donors (Lipinski definition) is 1. The number of nitrogens with one attached hydrogen (secondary N) is 1. The number of methoxy groups -OCH3 is 1. The highest BCUT2D eigenvalue weighted by Crippen LogP contribution is 2.25. The van der Waals surface area contributed by atoms with E-state index in [2.05, 4.69) is 5.32 Å². The van der Waals surface area contributed by atoms with E-state index >= 15 is 0 Å². The van der Waals surface area contributed by atoms with E-state index in [9.17, 15) is 13.2 Å². The van der Waals surface area contributed by atoms with Gasteiger partial charge in [-0.1, -0.05) is 36.8 Å². The molecule has 2 aromatic carbocycles. The molecule has 0 aromatic heterocycles. The Hall–Kier alpha value is -2.74. The Morgan fingerprint density at radius 3 is 2.28 bits per heavy atom. The first-order chi connectivity index (χ1) is 13.8. The highest BCUT2D eigenvalue weighted by molar-refractivity contribution is 7.92. The van der Waals surface area contributed by atoms with Gasteiger partial charge < -0.3 is 14.8 Å². The molecular formula is C21H28N2O5S. The molecule has 0 aliphatic carbocycles. The van der Waals surface area contributed by atoms with Gasteiger partial charge in [-0.3, -0.25) is 9.10 Å². The van der Waals surface area contributed by atoms with Crippen LogP contribution in [-0.2, 0) is 14.8 Å². The summed E-state index contributed by atoms with van der Waals surface area (Å²) in [7, 11) is -2.09. The molecule has 0 spiro atoms. The standard InChI is InChI=1S/C21H28N2O5S/c1-5-18(23(29(4,25)26)17-12-10-16(2)11-13-17)21(24)22-14-15-28-20-9-7-6-8-19(20)27-3/h6-13,18H,5,14-15H2,1-4H3,(H,22,24)/t18-/m0/s1. The van der Waals surface area contributed by atoms with Crippen molar-refractivity contribution >= 4 is 21.6 Å². The Morgan fingerprint density at radius 1 is 1.10 bits per heavy atom. The van der Waals surface area contributed by atoms with Gasteiger partial charge in [-0.25, -0.2) is 8.42 Å². The van der Waals surface area contributed by atoms with Gasteiger partial charge in [0.05, 0.1) is 25.6 Å². The number of sulfonamides is 1. The van der Waals surface area contributed by atoms with Crippen molar-refractivity contribution < 1.29 is 22.7 Å². The van der Waals surface area contributed by atoms with Crippen LogP contribution in [0.25, 0.3) is 0 Å². The van der Waals surface area contributed by atoms with Gasteiger partial charge in [-0.05, 0) is 37.6 Å². The predicted molar refractivity (Wildman–Crippen MR) is 114 cm³/mol. The van der Waals surface area contributed by atoms with Crippen LogP contribution in [0.1, 0.15) is 18.9 Å². The molecule has 158 valence electrons. The van der Waals surface area contributed by atoms with Crippen molar-refractivity contribution in [2.24, 2.45) is 0 Å². The molecule has 29 heavy (non-hydrogen) atoms. The van der Waals surface area contributed by atoms with Crippen molar-refractivity contribution in [2.75, 3.05) is 30.8 Å². The largest absolute Gasteiger partial charge is 0.493 e. The molecule has 0 heterocycles. The van der Waals surface area contributed by atoms with E-state index < -0.39 is 16.1 Å². The number of carbonyl (C=O) groups is 1. The maximum Gasteiger partial charge on any atom is 0.244 e. The Morgan fingerprint density at radius 2 is 1.72 bits per heavy atom. The van der Waals surface area contributed by atoms with Gasteiger partial charge in [0, 0.05) is 0 Å². The van der Waals surface area contributed by atoms with Crippen LogP contribution in [0.15, 0.2) is 48.5 Å². The first-order valence-electron chi connectivity index (χ1n) is 9.37. The molecule has 0 radical (unpaired) electrons. The molecule has 8 heteroatoms. The normalized spacial score (nSPS) is 12.1. The van der Waals surface area contributed by atoms with Crippen molar-refractivity contribution in [1.29, 1.82) is 0 Å². The number of rotatable bonds is 10. The van der Waals surface area contributed by atoms with Crippen molar-refractivity contribution in [3.8, 4) is 11.5 Å². The fourth-order valence-electron chi connectivity index (χ4n) is 2.94. The first kappa shape index (κ1) is 22.5. The second-order valence-electron chi connectivity index (χ2n) is 6.61. The fourth-order valence-corrected chi connectivity index (χ4v) is 4.15. The van der Waals surface area contributed by atoms with Gasteiger partial charge in [0.25, 0.3) is 0 Å². The van der Waals surface area contributed by atoms with Gasteiger partial charge in [0.1, 0.15) is 12.6 Å². The third-order valence-corrected chi connectivity index (χ3v) is 5.53. The quantitative estimate of drug-likeness (QED) is 0.598. The molecule has 0 saturated heterocycles. The maximum absolute atomic E-state index is 12.7. The molecule has 1 N–H and O–H groups in total. The first-order valence-corrected chi connectivity index (χ1v) is 11.2. The molecule has 0 aliphatic heterocycles. The second-order valence-corrected chi connectivity index (χ2v) is 8.47. The Labute approximate surface area is 172 Å². The third-order valence-electron chi connectivity index (χ3n) is 4.35. The summed E-state index contributed by atoms with van der Waals surface area (Å²) in [4.78, 5) is 12.7. The van der Waals surface area contributed by atoms with E-state index in [0.29, 0.717) is 23.6 Å². The molecule has 0 aliphatic rings. The minimum atomic E-state index is -3.65. The summed E-state index contributed by atoms with van der Waals surface area (Å²) in [6.45, 7) is 4.16. The average Bonchev–Trinajstić information content (AvgIpc) is 2.69. The minimum Gasteiger partial charge on any atom is -0.493 e. The summed E-state index contributed by atoms with van der Waals surface area (Å²) < 4.78 is 36.9. The molecule has 0 saturated carbocycles. The summed E-state index contributed by atoms with van der Waals surface area (Å²) in [5.41, 5.74) is 1.47. The molecule has 0 bridgehead atoms. The average molecular weight is 421 g/mol. The number of anilines is 1. The molecule has 0 fully saturated rings. The van der Waals surface area contributed by atoms with E-state index in [-0.39, 0.29) is 19.1 Å². The van der Waals surface area contributed by atoms with Crippen LogP contribution >= 0.6 is 0 Å². The number of benzene rings is 2. The number of nitrogens with zero attached hydrogens (tertiary/aromatic N) is 1. The second kappa shape index (κ2) is 10.2. The lowest BCUT2D eigenvalue weighted by Gasteiger charge is -2.30. The number of carbonyl (C=O) groups excluding carboxylic acids is 1. The third kappa shape index (κ3) is 6.12. The lowest BCUT2D eigenvalue weighted by Crippen LogP contribution is -2.50. The van der Waals surface area contributed by atoms with Crippen LogP contribution in [0.3, 0.4) is 0 Å². The zero-order valence-corrected chi connectivity index (χ0v) is 18.0. The van der Waals surface area contributed by atoms with Crippen molar-refractivity contribution in [3.05, 3.63) is 54.1 Å². The Balaban J connectivity index is 2.04. The molecule has 2 aromatic rings. The maximum atomic E-state index is 12.7. The van der Waals surface area contributed by atoms with E-state index in [1.54, 1.807) is 38.3 Å². The number of amides is 1. The van der Waals surface area contributed by atoms with Crippen LogP contribution in [0.2, 0.25) is 0 Å². The van der Waals surface area contributed by atoms with Gasteiger partial charge in [-0.2, -0.15) is 0 Å². The van der Waals surface area contributed by atoms with Gasteiger partial charge in [-0.15, -0.1) is 0 Å². The predicted octanol–water partition coefficient (Wildman–Crippen LogP) is 2.74. The number of para-hydroxylation sites is 2. The molecule has 0 unspecified atom stereocenters. The Kier molecular flexibility index (Phi) is 7.90. The minimum absolute atomic E-state index is 0.228. The molecule has 7 nitrogen and oxygen atoms in total. The van der Waals surface area contributed by atoms with Gasteiger partial charge >= 0.3 is 0 Å². The van der Waals surface area contributed by atoms with E-state index in [1.165, 1.54) is 4.31 Å². The highest BCUT2D eigenvalue weighted by atomic mass is 32.2.